The van der Waals surface area contributed by atoms with Crippen molar-refractivity contribution < 1.29 is 9.53 Å². The maximum atomic E-state index is 11.8. The number of hydrogen-bond donors (Lipinski definition) is 1. The van der Waals surface area contributed by atoms with E-state index in [4.69, 9.17) is 16.3 Å². The van der Waals surface area contributed by atoms with Crippen LogP contribution in [0.15, 0.2) is 60.7 Å². The van der Waals surface area contributed by atoms with E-state index in [1.165, 1.54) is 6.08 Å². The van der Waals surface area contributed by atoms with Gasteiger partial charge in [-0.05, 0) is 38.0 Å². The van der Waals surface area contributed by atoms with Crippen molar-refractivity contribution in [1.29, 1.82) is 0 Å². The highest BCUT2D eigenvalue weighted by Crippen LogP contribution is 2.26. The third kappa shape index (κ3) is 5.57. The molecule has 0 aliphatic heterocycles. The molecule has 0 aliphatic rings. The number of imidazole rings is 1. The lowest BCUT2D eigenvalue weighted by atomic mass is 10.1. The normalized spacial score (nSPS) is 11.7. The van der Waals surface area contributed by atoms with Crippen molar-refractivity contribution in [3.8, 4) is 11.3 Å². The summed E-state index contributed by atoms with van der Waals surface area (Å²) in [5.41, 5.74) is 3.28. The van der Waals surface area contributed by atoms with Gasteiger partial charge in [0.05, 0.1) is 0 Å². The van der Waals surface area contributed by atoms with E-state index in [-0.39, 0.29) is 5.97 Å². The van der Waals surface area contributed by atoms with Crippen LogP contribution in [0, 0.1) is 0 Å². The van der Waals surface area contributed by atoms with Gasteiger partial charge in [-0.1, -0.05) is 66.2 Å². The zero-order valence-electron chi connectivity index (χ0n) is 16.2. The van der Waals surface area contributed by atoms with Gasteiger partial charge in [-0.3, -0.25) is 0 Å². The molecule has 0 aliphatic carbocycles. The topological polar surface area (TPSA) is 55.0 Å². The number of benzene rings is 2. The smallest absolute Gasteiger partial charge is 0.331 e. The number of nitrogens with zero attached hydrogens (tertiary/aromatic N) is 1. The Hall–Kier alpha value is -2.85. The van der Waals surface area contributed by atoms with E-state index in [9.17, 15) is 4.79 Å². The Labute approximate surface area is 170 Å². The van der Waals surface area contributed by atoms with Crippen molar-refractivity contribution in [2.75, 3.05) is 0 Å². The lowest BCUT2D eigenvalue weighted by Gasteiger charge is -2.17. The molecule has 0 saturated heterocycles. The summed E-state index contributed by atoms with van der Waals surface area (Å²) in [6.07, 6.45) is 3.83. The number of carbonyl (C=O) groups is 1. The first-order chi connectivity index (χ1) is 13.3. The van der Waals surface area contributed by atoms with Crippen LogP contribution < -0.4 is 0 Å². The molecule has 4 nitrogen and oxygen atoms in total. The van der Waals surface area contributed by atoms with Crippen LogP contribution in [0.2, 0.25) is 5.15 Å². The Morgan fingerprint density at radius 2 is 1.79 bits per heavy atom. The first-order valence-electron chi connectivity index (χ1n) is 9.10. The third-order valence-corrected chi connectivity index (χ3v) is 4.20. The van der Waals surface area contributed by atoms with E-state index < -0.39 is 5.60 Å². The van der Waals surface area contributed by atoms with Gasteiger partial charge in [0, 0.05) is 18.1 Å². The zero-order valence-corrected chi connectivity index (χ0v) is 17.0. The minimum atomic E-state index is -0.492. The molecule has 0 amide bonds. The van der Waals surface area contributed by atoms with Crippen LogP contribution in [0.1, 0.15) is 37.7 Å². The second-order valence-corrected chi connectivity index (χ2v) is 7.88. The van der Waals surface area contributed by atoms with Crippen molar-refractivity contribution in [2.24, 2.45) is 0 Å². The number of H-pyrrole nitrogens is 1. The van der Waals surface area contributed by atoms with E-state index in [0.29, 0.717) is 11.6 Å². The number of aromatic amines is 1. The highest BCUT2D eigenvalue weighted by Gasteiger charge is 2.14. The summed E-state index contributed by atoms with van der Waals surface area (Å²) in [4.78, 5) is 19.5. The van der Waals surface area contributed by atoms with Crippen LogP contribution >= 0.6 is 11.6 Å². The number of nitrogens with one attached hydrogen (secondary N) is 1. The van der Waals surface area contributed by atoms with Gasteiger partial charge in [-0.2, -0.15) is 0 Å². The second kappa shape index (κ2) is 8.44. The predicted molar refractivity (Wildman–Crippen MR) is 113 cm³/mol. The minimum absolute atomic E-state index is 0.352. The summed E-state index contributed by atoms with van der Waals surface area (Å²) in [5, 5.41) is 0.540. The Morgan fingerprint density at radius 3 is 2.43 bits per heavy atom. The molecule has 1 N–H and O–H groups in total. The molecular formula is C23H23ClN2O2. The van der Waals surface area contributed by atoms with Crippen molar-refractivity contribution in [2.45, 2.75) is 32.8 Å². The molecule has 144 valence electrons. The number of hydrogen-bond acceptors (Lipinski definition) is 3. The summed E-state index contributed by atoms with van der Waals surface area (Å²) in [5.74, 6) is 0.455. The fraction of sp³-hybridized carbons (Fsp3) is 0.217. The van der Waals surface area contributed by atoms with Gasteiger partial charge >= 0.3 is 5.97 Å². The minimum Gasteiger partial charge on any atom is -0.457 e. The van der Waals surface area contributed by atoms with Gasteiger partial charge in [0.1, 0.15) is 22.3 Å². The van der Waals surface area contributed by atoms with Crippen molar-refractivity contribution in [3.05, 3.63) is 82.8 Å². The maximum Gasteiger partial charge on any atom is 0.331 e. The van der Waals surface area contributed by atoms with E-state index in [1.54, 1.807) is 6.08 Å². The van der Waals surface area contributed by atoms with Gasteiger partial charge in [-0.25, -0.2) is 9.78 Å². The molecule has 0 unspecified atom stereocenters. The summed E-state index contributed by atoms with van der Waals surface area (Å²) in [7, 11) is 0. The first-order valence-corrected chi connectivity index (χ1v) is 9.48. The molecule has 0 radical (unpaired) electrons. The molecule has 28 heavy (non-hydrogen) atoms. The molecule has 3 rings (SSSR count). The van der Waals surface area contributed by atoms with Crippen molar-refractivity contribution in [1.82, 2.24) is 9.97 Å². The first kappa shape index (κ1) is 19.9. The highest BCUT2D eigenvalue weighted by molar-refractivity contribution is 6.31. The molecule has 2 aromatic carbocycles. The molecule has 3 aromatic rings. The van der Waals surface area contributed by atoms with Crippen molar-refractivity contribution in [3.63, 3.8) is 0 Å². The summed E-state index contributed by atoms with van der Waals surface area (Å²) in [6.45, 7) is 5.53. The molecule has 0 spiro atoms. The summed E-state index contributed by atoms with van der Waals surface area (Å²) >= 11 is 6.32. The molecule has 1 heterocycles. The standard InChI is InChI=1S/C23H23ClN2O2/c1-23(2,3)28-20(27)14-13-16-9-11-17(12-10-16)15-19-25-21(22(24)26-19)18-7-5-4-6-8-18/h4-14H,15H2,1-3H3,(H,25,26)/b14-13+. The average Bonchev–Trinajstić information content (AvgIpc) is 3.01. The molecule has 0 atom stereocenters. The summed E-state index contributed by atoms with van der Waals surface area (Å²) < 4.78 is 5.26. The number of carbonyl (C=O) groups excluding carboxylic acids is 1. The van der Waals surface area contributed by atoms with Gasteiger partial charge in [0.25, 0.3) is 0 Å². The van der Waals surface area contributed by atoms with Crippen LogP contribution in [-0.2, 0) is 16.0 Å². The molecular weight excluding hydrogens is 372 g/mol. The van der Waals surface area contributed by atoms with Gasteiger partial charge in [0.15, 0.2) is 0 Å². The molecule has 5 heteroatoms. The van der Waals surface area contributed by atoms with Gasteiger partial charge in [0.2, 0.25) is 0 Å². The number of rotatable bonds is 5. The Bertz CT molecular complexity index is 968. The Balaban J connectivity index is 1.66. The third-order valence-electron chi connectivity index (χ3n) is 3.93. The van der Waals surface area contributed by atoms with Crippen LogP contribution in [0.5, 0.6) is 0 Å². The second-order valence-electron chi connectivity index (χ2n) is 7.50. The van der Waals surface area contributed by atoms with Crippen LogP contribution in [0.25, 0.3) is 17.3 Å². The molecule has 0 bridgehead atoms. The number of esters is 1. The van der Waals surface area contributed by atoms with Crippen LogP contribution in [-0.4, -0.2) is 21.5 Å². The van der Waals surface area contributed by atoms with Crippen LogP contribution in [0.3, 0.4) is 0 Å². The number of aromatic nitrogens is 2. The van der Waals surface area contributed by atoms with E-state index in [0.717, 1.165) is 28.2 Å². The monoisotopic (exact) mass is 394 g/mol. The number of halogens is 1. The number of ether oxygens (including phenoxy) is 1. The molecule has 0 fully saturated rings. The Morgan fingerprint density at radius 1 is 1.11 bits per heavy atom. The quantitative estimate of drug-likeness (QED) is 0.447. The predicted octanol–water partition coefficient (Wildman–Crippen LogP) is 5.68. The van der Waals surface area contributed by atoms with E-state index in [2.05, 4.69) is 9.97 Å². The molecule has 1 aromatic heterocycles. The highest BCUT2D eigenvalue weighted by atomic mass is 35.5. The zero-order chi connectivity index (χ0) is 20.1. The fourth-order valence-corrected chi connectivity index (χ4v) is 2.97. The van der Waals surface area contributed by atoms with Gasteiger partial charge < -0.3 is 9.72 Å². The average molecular weight is 395 g/mol. The van der Waals surface area contributed by atoms with Crippen molar-refractivity contribution >= 4 is 23.6 Å². The van der Waals surface area contributed by atoms with Gasteiger partial charge in [-0.15, -0.1) is 0 Å². The fourth-order valence-electron chi connectivity index (χ4n) is 2.71. The maximum absolute atomic E-state index is 11.8. The Kier molecular flexibility index (Phi) is 6.00. The SMILES string of the molecule is CC(C)(C)OC(=O)/C=C/c1ccc(Cc2nc(-c3ccccc3)c(Cl)[nH]2)cc1. The largest absolute Gasteiger partial charge is 0.457 e. The van der Waals surface area contributed by atoms with E-state index >= 15 is 0 Å². The van der Waals surface area contributed by atoms with Crippen LogP contribution in [0.4, 0.5) is 0 Å². The molecule has 0 saturated carbocycles. The summed E-state index contributed by atoms with van der Waals surface area (Å²) in [6, 6.07) is 17.8. The lowest BCUT2D eigenvalue weighted by Crippen LogP contribution is -2.22. The van der Waals surface area contributed by atoms with E-state index in [1.807, 2.05) is 75.4 Å². The lowest BCUT2D eigenvalue weighted by molar-refractivity contribution is -0.148.